The van der Waals surface area contributed by atoms with E-state index in [1.54, 1.807) is 7.05 Å². The van der Waals surface area contributed by atoms with Gasteiger partial charge in [-0.1, -0.05) is 24.3 Å². The number of nitriles is 1. The molecular weight excluding hydrogens is 304 g/mol. The monoisotopic (exact) mass is 324 g/mol. The maximum absolute atomic E-state index is 12.3. The predicted molar refractivity (Wildman–Crippen MR) is 92.4 cm³/mol. The lowest BCUT2D eigenvalue weighted by Gasteiger charge is -2.23. The fraction of sp³-hybridized carbons (Fsp3) is 0.389. The van der Waals surface area contributed by atoms with Gasteiger partial charge in [-0.15, -0.1) is 0 Å². The molecule has 0 aliphatic carbocycles. The third-order valence-corrected chi connectivity index (χ3v) is 4.86. The van der Waals surface area contributed by atoms with Crippen LogP contribution in [0.3, 0.4) is 0 Å². The molecule has 0 N–H and O–H groups in total. The van der Waals surface area contributed by atoms with Crippen LogP contribution in [0.25, 0.3) is 0 Å². The van der Waals surface area contributed by atoms with Crippen molar-refractivity contribution in [3.05, 3.63) is 61.8 Å². The Kier molecular flexibility index (Phi) is 4.02. The molecular formula is C18H20N4O2. The van der Waals surface area contributed by atoms with Gasteiger partial charge in [0, 0.05) is 33.1 Å². The van der Waals surface area contributed by atoms with Crippen LogP contribution < -0.4 is 16.1 Å². The van der Waals surface area contributed by atoms with Crippen molar-refractivity contribution < 1.29 is 0 Å². The summed E-state index contributed by atoms with van der Waals surface area (Å²) < 4.78 is 2.39. The SMILES string of the molecule is Cc1ccccc1[C@@H]1CCN(c2c(C#N)c(=O)n(C)c(=O)n2C)C1. The van der Waals surface area contributed by atoms with Gasteiger partial charge in [0.2, 0.25) is 0 Å². The van der Waals surface area contributed by atoms with Crippen LogP contribution in [0, 0.1) is 18.3 Å². The van der Waals surface area contributed by atoms with Gasteiger partial charge in [-0.3, -0.25) is 13.9 Å². The summed E-state index contributed by atoms with van der Waals surface area (Å²) in [6.45, 7) is 3.50. The molecule has 2 aromatic rings. The number of aromatic nitrogens is 2. The molecule has 1 atom stereocenters. The smallest absolute Gasteiger partial charge is 0.332 e. The number of hydrogen-bond donors (Lipinski definition) is 0. The Morgan fingerprint density at radius 1 is 1.17 bits per heavy atom. The Hall–Kier alpha value is -2.81. The Bertz CT molecular complexity index is 949. The largest absolute Gasteiger partial charge is 0.356 e. The minimum atomic E-state index is -0.532. The molecule has 0 bridgehead atoms. The zero-order chi connectivity index (χ0) is 17.4. The fourth-order valence-corrected chi connectivity index (χ4v) is 3.55. The van der Waals surface area contributed by atoms with E-state index in [0.717, 1.165) is 11.0 Å². The molecule has 1 aromatic heterocycles. The average Bonchev–Trinajstić information content (AvgIpc) is 3.05. The standard InChI is InChI=1S/C18H20N4O2/c1-12-6-4-5-7-14(12)13-8-9-22(11-13)16-15(10-19)17(23)21(3)18(24)20(16)2/h4-7,13H,8-9,11H2,1-3H3/t13-/m1/s1. The van der Waals surface area contributed by atoms with Crippen LogP contribution in [0.5, 0.6) is 0 Å². The highest BCUT2D eigenvalue weighted by Gasteiger charge is 2.29. The first-order valence-electron chi connectivity index (χ1n) is 7.96. The van der Waals surface area contributed by atoms with Crippen LogP contribution in [0.2, 0.25) is 0 Å². The summed E-state index contributed by atoms with van der Waals surface area (Å²) in [6, 6.07) is 10.2. The Morgan fingerprint density at radius 2 is 1.88 bits per heavy atom. The number of nitrogens with zero attached hydrogens (tertiary/aromatic N) is 4. The molecule has 1 aromatic carbocycles. The number of rotatable bonds is 2. The summed E-state index contributed by atoms with van der Waals surface area (Å²) in [5, 5.41) is 9.42. The number of anilines is 1. The average molecular weight is 324 g/mol. The third kappa shape index (κ3) is 2.42. The van der Waals surface area contributed by atoms with Crippen molar-refractivity contribution in [3.63, 3.8) is 0 Å². The second-order valence-corrected chi connectivity index (χ2v) is 6.30. The molecule has 2 heterocycles. The summed E-state index contributed by atoms with van der Waals surface area (Å²) >= 11 is 0. The highest BCUT2D eigenvalue weighted by atomic mass is 16.2. The molecule has 1 fully saturated rings. The molecule has 0 radical (unpaired) electrons. The van der Waals surface area contributed by atoms with Gasteiger partial charge in [0.1, 0.15) is 11.9 Å². The molecule has 1 saturated heterocycles. The van der Waals surface area contributed by atoms with Crippen molar-refractivity contribution in [2.45, 2.75) is 19.3 Å². The minimum absolute atomic E-state index is 0.0324. The van der Waals surface area contributed by atoms with Crippen molar-refractivity contribution in [2.24, 2.45) is 14.1 Å². The first-order chi connectivity index (χ1) is 11.5. The van der Waals surface area contributed by atoms with Crippen molar-refractivity contribution in [2.75, 3.05) is 18.0 Å². The van der Waals surface area contributed by atoms with E-state index in [1.807, 2.05) is 23.1 Å². The highest BCUT2D eigenvalue weighted by molar-refractivity contribution is 5.55. The molecule has 6 heteroatoms. The van der Waals surface area contributed by atoms with Gasteiger partial charge in [0.05, 0.1) is 0 Å². The minimum Gasteiger partial charge on any atom is -0.356 e. The van der Waals surface area contributed by atoms with Crippen LogP contribution in [-0.2, 0) is 14.1 Å². The Balaban J connectivity index is 2.04. The van der Waals surface area contributed by atoms with Crippen LogP contribution in [0.4, 0.5) is 5.82 Å². The first-order valence-corrected chi connectivity index (χ1v) is 7.96. The number of hydrogen-bond acceptors (Lipinski definition) is 4. The van der Waals surface area contributed by atoms with Crippen LogP contribution in [-0.4, -0.2) is 22.2 Å². The molecule has 124 valence electrons. The molecule has 0 spiro atoms. The van der Waals surface area contributed by atoms with Crippen molar-refractivity contribution in [1.29, 1.82) is 5.26 Å². The summed E-state index contributed by atoms with van der Waals surface area (Å²) in [7, 11) is 3.01. The molecule has 1 aliphatic rings. The quantitative estimate of drug-likeness (QED) is 0.834. The van der Waals surface area contributed by atoms with E-state index in [-0.39, 0.29) is 5.56 Å². The summed E-state index contributed by atoms with van der Waals surface area (Å²) in [5.74, 6) is 0.763. The van der Waals surface area contributed by atoms with Gasteiger partial charge < -0.3 is 4.90 Å². The lowest BCUT2D eigenvalue weighted by Crippen LogP contribution is -2.42. The Morgan fingerprint density at radius 3 is 2.54 bits per heavy atom. The number of benzene rings is 1. The highest BCUT2D eigenvalue weighted by Crippen LogP contribution is 2.32. The molecule has 24 heavy (non-hydrogen) atoms. The molecule has 0 saturated carbocycles. The molecule has 6 nitrogen and oxygen atoms in total. The molecule has 3 rings (SSSR count). The van der Waals surface area contributed by atoms with Crippen molar-refractivity contribution >= 4 is 5.82 Å². The van der Waals surface area contributed by atoms with E-state index in [4.69, 9.17) is 0 Å². The van der Waals surface area contributed by atoms with Crippen molar-refractivity contribution in [1.82, 2.24) is 9.13 Å². The van der Waals surface area contributed by atoms with Gasteiger partial charge in [-0.25, -0.2) is 4.79 Å². The maximum atomic E-state index is 12.3. The predicted octanol–water partition coefficient (Wildman–Crippen LogP) is 1.26. The zero-order valence-corrected chi connectivity index (χ0v) is 14.1. The number of aryl methyl sites for hydroxylation is 1. The topological polar surface area (TPSA) is 71.0 Å². The third-order valence-electron chi connectivity index (χ3n) is 4.86. The van der Waals surface area contributed by atoms with E-state index in [9.17, 15) is 14.9 Å². The summed E-state index contributed by atoms with van der Waals surface area (Å²) in [6.07, 6.45) is 0.930. The second-order valence-electron chi connectivity index (χ2n) is 6.30. The normalized spacial score (nSPS) is 17.1. The molecule has 0 unspecified atom stereocenters. The summed E-state index contributed by atoms with van der Waals surface area (Å²) in [5.41, 5.74) is 1.61. The molecule has 1 aliphatic heterocycles. The fourth-order valence-electron chi connectivity index (χ4n) is 3.55. The van der Waals surface area contributed by atoms with E-state index in [2.05, 4.69) is 19.1 Å². The van der Waals surface area contributed by atoms with Gasteiger partial charge in [0.25, 0.3) is 5.56 Å². The van der Waals surface area contributed by atoms with Gasteiger partial charge >= 0.3 is 5.69 Å². The molecule has 0 amide bonds. The lowest BCUT2D eigenvalue weighted by atomic mass is 9.94. The van der Waals surface area contributed by atoms with E-state index in [1.165, 1.54) is 22.7 Å². The van der Waals surface area contributed by atoms with E-state index >= 15 is 0 Å². The summed E-state index contributed by atoms with van der Waals surface area (Å²) in [4.78, 5) is 26.5. The zero-order valence-electron chi connectivity index (χ0n) is 14.1. The lowest BCUT2D eigenvalue weighted by molar-refractivity contribution is 0.667. The van der Waals surface area contributed by atoms with E-state index < -0.39 is 11.2 Å². The van der Waals surface area contributed by atoms with Gasteiger partial charge in [-0.2, -0.15) is 5.26 Å². The van der Waals surface area contributed by atoms with Crippen LogP contribution >= 0.6 is 0 Å². The van der Waals surface area contributed by atoms with Crippen molar-refractivity contribution in [3.8, 4) is 6.07 Å². The second kappa shape index (κ2) is 6.00. The van der Waals surface area contributed by atoms with E-state index in [0.29, 0.717) is 24.8 Å². The maximum Gasteiger partial charge on any atom is 0.332 e. The van der Waals surface area contributed by atoms with Gasteiger partial charge in [0.15, 0.2) is 5.56 Å². The first kappa shape index (κ1) is 16.1. The van der Waals surface area contributed by atoms with Crippen LogP contribution in [0.15, 0.2) is 33.9 Å². The van der Waals surface area contributed by atoms with Crippen LogP contribution in [0.1, 0.15) is 29.0 Å². The van der Waals surface area contributed by atoms with Gasteiger partial charge in [-0.05, 0) is 24.5 Å². The Labute approximate surface area is 140 Å².